The first kappa shape index (κ1) is 12.3. The molecule has 0 aromatic rings. The zero-order valence-electron chi connectivity index (χ0n) is 7.98. The first-order valence-electron chi connectivity index (χ1n) is 3.99. The Labute approximate surface area is 82.4 Å². The van der Waals surface area contributed by atoms with Crippen LogP contribution in [-0.2, 0) is 9.53 Å². The standard InChI is InChI=1S/C8H14N2O2S/c1-5(2)12-8(11)7(6(3)10)13-4-9/h5-7H,10H2,1-3H3. The molecule has 2 unspecified atom stereocenters. The van der Waals surface area contributed by atoms with Crippen LogP contribution in [0.3, 0.4) is 0 Å². The van der Waals surface area contributed by atoms with Crippen LogP contribution in [0, 0.1) is 10.7 Å². The van der Waals surface area contributed by atoms with Crippen LogP contribution in [0.5, 0.6) is 0 Å². The summed E-state index contributed by atoms with van der Waals surface area (Å²) >= 11 is 0.841. The van der Waals surface area contributed by atoms with Crippen molar-refractivity contribution in [2.24, 2.45) is 5.73 Å². The average Bonchev–Trinajstić information content (AvgIpc) is 1.97. The molecule has 0 fully saturated rings. The van der Waals surface area contributed by atoms with Gasteiger partial charge < -0.3 is 10.5 Å². The van der Waals surface area contributed by atoms with Gasteiger partial charge in [0.05, 0.1) is 6.10 Å². The first-order valence-corrected chi connectivity index (χ1v) is 4.87. The molecule has 0 saturated heterocycles. The van der Waals surface area contributed by atoms with Crippen LogP contribution in [0.2, 0.25) is 0 Å². The van der Waals surface area contributed by atoms with Crippen LogP contribution >= 0.6 is 11.8 Å². The number of carbonyl (C=O) groups is 1. The van der Waals surface area contributed by atoms with E-state index in [1.54, 1.807) is 20.8 Å². The van der Waals surface area contributed by atoms with E-state index in [9.17, 15) is 4.79 Å². The Balaban J connectivity index is 4.22. The van der Waals surface area contributed by atoms with E-state index in [0.29, 0.717) is 0 Å². The maximum absolute atomic E-state index is 11.3. The number of esters is 1. The predicted octanol–water partition coefficient (Wildman–Crippen LogP) is 0.868. The van der Waals surface area contributed by atoms with E-state index in [-0.39, 0.29) is 12.1 Å². The smallest absolute Gasteiger partial charge is 0.322 e. The van der Waals surface area contributed by atoms with Crippen LogP contribution in [0.4, 0.5) is 0 Å². The van der Waals surface area contributed by atoms with E-state index < -0.39 is 11.2 Å². The lowest BCUT2D eigenvalue weighted by molar-refractivity contribution is -0.146. The molecule has 0 rings (SSSR count). The number of hydrogen-bond donors (Lipinski definition) is 1. The Morgan fingerprint density at radius 2 is 2.08 bits per heavy atom. The van der Waals surface area contributed by atoms with E-state index in [2.05, 4.69) is 0 Å². The Morgan fingerprint density at radius 3 is 2.38 bits per heavy atom. The monoisotopic (exact) mass is 202 g/mol. The van der Waals surface area contributed by atoms with Crippen molar-refractivity contribution in [3.05, 3.63) is 0 Å². The number of nitrogens with zero attached hydrogens (tertiary/aromatic N) is 1. The maximum Gasteiger partial charge on any atom is 0.322 e. The number of hydrogen-bond acceptors (Lipinski definition) is 5. The Morgan fingerprint density at radius 1 is 1.54 bits per heavy atom. The quantitative estimate of drug-likeness (QED) is 0.540. The summed E-state index contributed by atoms with van der Waals surface area (Å²) in [5.74, 6) is -0.420. The summed E-state index contributed by atoms with van der Waals surface area (Å²) in [7, 11) is 0. The molecule has 0 aromatic carbocycles. The lowest BCUT2D eigenvalue weighted by Crippen LogP contribution is -2.37. The molecule has 5 heteroatoms. The molecule has 0 amide bonds. The summed E-state index contributed by atoms with van der Waals surface area (Å²) in [6, 6.07) is -0.379. The van der Waals surface area contributed by atoms with Gasteiger partial charge in [0, 0.05) is 6.04 Å². The van der Waals surface area contributed by atoms with Gasteiger partial charge in [0.25, 0.3) is 0 Å². The molecule has 0 radical (unpaired) electrons. The van der Waals surface area contributed by atoms with Crippen molar-refractivity contribution in [2.75, 3.05) is 0 Å². The number of ether oxygens (including phenoxy) is 1. The fraction of sp³-hybridized carbons (Fsp3) is 0.750. The molecule has 0 saturated carbocycles. The molecule has 4 nitrogen and oxygen atoms in total. The van der Waals surface area contributed by atoms with E-state index in [4.69, 9.17) is 15.7 Å². The second-order valence-corrected chi connectivity index (χ2v) is 3.90. The number of thiocyanates is 1. The van der Waals surface area contributed by atoms with Gasteiger partial charge in [-0.1, -0.05) is 0 Å². The van der Waals surface area contributed by atoms with Gasteiger partial charge in [-0.2, -0.15) is 5.26 Å². The number of carbonyl (C=O) groups excluding carboxylic acids is 1. The maximum atomic E-state index is 11.3. The van der Waals surface area contributed by atoms with Gasteiger partial charge in [0.1, 0.15) is 10.7 Å². The van der Waals surface area contributed by atoms with Crippen molar-refractivity contribution in [3.63, 3.8) is 0 Å². The van der Waals surface area contributed by atoms with Crippen LogP contribution in [0.15, 0.2) is 0 Å². The van der Waals surface area contributed by atoms with Crippen LogP contribution in [0.1, 0.15) is 20.8 Å². The highest BCUT2D eigenvalue weighted by molar-refractivity contribution is 8.05. The normalized spacial score (nSPS) is 14.8. The number of rotatable bonds is 4. The van der Waals surface area contributed by atoms with Gasteiger partial charge in [-0.25, -0.2) is 0 Å². The minimum Gasteiger partial charge on any atom is -0.462 e. The third-order valence-electron chi connectivity index (χ3n) is 1.24. The average molecular weight is 202 g/mol. The van der Waals surface area contributed by atoms with Crippen LogP contribution in [0.25, 0.3) is 0 Å². The molecule has 0 bridgehead atoms. The van der Waals surface area contributed by atoms with Crippen LogP contribution in [-0.4, -0.2) is 23.4 Å². The number of nitriles is 1. The van der Waals surface area contributed by atoms with Gasteiger partial charge in [-0.05, 0) is 32.5 Å². The van der Waals surface area contributed by atoms with Crippen molar-refractivity contribution in [2.45, 2.75) is 38.2 Å². The molecular weight excluding hydrogens is 188 g/mol. The summed E-state index contributed by atoms with van der Waals surface area (Å²) < 4.78 is 4.94. The molecular formula is C8H14N2O2S. The molecule has 74 valence electrons. The van der Waals surface area contributed by atoms with Crippen molar-refractivity contribution >= 4 is 17.7 Å². The van der Waals surface area contributed by atoms with E-state index in [1.165, 1.54) is 0 Å². The number of nitrogens with two attached hydrogens (primary N) is 1. The molecule has 0 spiro atoms. The molecule has 0 aromatic heterocycles. The third kappa shape index (κ3) is 4.76. The molecule has 13 heavy (non-hydrogen) atoms. The molecule has 0 aliphatic carbocycles. The second-order valence-electron chi connectivity index (χ2n) is 2.97. The Bertz CT molecular complexity index is 211. The fourth-order valence-electron chi connectivity index (χ4n) is 0.726. The number of thioether (sulfide) groups is 1. The van der Waals surface area contributed by atoms with Crippen molar-refractivity contribution in [1.82, 2.24) is 0 Å². The highest BCUT2D eigenvalue weighted by Gasteiger charge is 2.25. The summed E-state index contributed by atoms with van der Waals surface area (Å²) in [5.41, 5.74) is 5.53. The summed E-state index contributed by atoms with van der Waals surface area (Å²) in [6.07, 6.45) is -0.173. The summed E-state index contributed by atoms with van der Waals surface area (Å²) in [6.45, 7) is 5.19. The van der Waals surface area contributed by atoms with Gasteiger partial charge in [0.2, 0.25) is 0 Å². The summed E-state index contributed by atoms with van der Waals surface area (Å²) in [4.78, 5) is 11.3. The molecule has 2 N–H and O–H groups in total. The first-order chi connectivity index (χ1) is 5.99. The molecule has 0 aliphatic heterocycles. The van der Waals surface area contributed by atoms with E-state index in [0.717, 1.165) is 11.8 Å². The van der Waals surface area contributed by atoms with Crippen molar-refractivity contribution in [1.29, 1.82) is 5.26 Å². The lowest BCUT2D eigenvalue weighted by atomic mass is 10.2. The Hall–Kier alpha value is -0.730. The zero-order valence-corrected chi connectivity index (χ0v) is 8.80. The van der Waals surface area contributed by atoms with E-state index in [1.807, 2.05) is 5.40 Å². The van der Waals surface area contributed by atoms with Gasteiger partial charge in [-0.15, -0.1) is 0 Å². The molecule has 0 heterocycles. The minimum atomic E-state index is -0.590. The van der Waals surface area contributed by atoms with Gasteiger partial charge >= 0.3 is 5.97 Å². The summed E-state index contributed by atoms with van der Waals surface area (Å²) in [5, 5.41) is 9.67. The van der Waals surface area contributed by atoms with Gasteiger partial charge in [-0.3, -0.25) is 4.79 Å². The van der Waals surface area contributed by atoms with Gasteiger partial charge in [0.15, 0.2) is 0 Å². The largest absolute Gasteiger partial charge is 0.462 e. The Kier molecular flexibility index (Phi) is 5.51. The molecule has 0 aliphatic rings. The van der Waals surface area contributed by atoms with Crippen LogP contribution < -0.4 is 5.73 Å². The van der Waals surface area contributed by atoms with Crippen molar-refractivity contribution in [3.8, 4) is 5.40 Å². The minimum absolute atomic E-state index is 0.173. The third-order valence-corrected chi connectivity index (χ3v) is 2.22. The van der Waals surface area contributed by atoms with E-state index >= 15 is 0 Å². The second kappa shape index (κ2) is 5.84. The van der Waals surface area contributed by atoms with Crippen molar-refractivity contribution < 1.29 is 9.53 Å². The highest BCUT2D eigenvalue weighted by atomic mass is 32.2. The predicted molar refractivity (Wildman–Crippen MR) is 51.9 cm³/mol. The lowest BCUT2D eigenvalue weighted by Gasteiger charge is -2.17. The highest BCUT2D eigenvalue weighted by Crippen LogP contribution is 2.14. The fourth-order valence-corrected chi connectivity index (χ4v) is 1.21. The molecule has 2 atom stereocenters. The zero-order chi connectivity index (χ0) is 10.4. The topological polar surface area (TPSA) is 76.1 Å². The SMILES string of the molecule is CC(C)OC(=O)C(SC#N)C(C)N.